The van der Waals surface area contributed by atoms with Crippen molar-refractivity contribution in [3.8, 4) is 5.75 Å². The first kappa shape index (κ1) is 24.7. The van der Waals surface area contributed by atoms with E-state index in [1.807, 2.05) is 20.8 Å². The third-order valence-corrected chi connectivity index (χ3v) is 5.86. The molecule has 5 nitrogen and oxygen atoms in total. The number of carbonyl (C=O) groups excluding carboxylic acids is 1. The van der Waals surface area contributed by atoms with Gasteiger partial charge in [0.15, 0.2) is 0 Å². The molecule has 0 N–H and O–H groups in total. The zero-order valence-corrected chi connectivity index (χ0v) is 18.5. The van der Waals surface area contributed by atoms with Crippen LogP contribution in [0.25, 0.3) is 0 Å². The normalized spacial score (nSPS) is 12.1. The summed E-state index contributed by atoms with van der Waals surface area (Å²) in [5.74, 6) is 0.0128. The molecule has 2 aromatic carbocycles. The van der Waals surface area contributed by atoms with Crippen molar-refractivity contribution < 1.29 is 30.6 Å². The van der Waals surface area contributed by atoms with Gasteiger partial charge in [-0.2, -0.15) is 21.6 Å². The maximum Gasteiger partial charge on any atom is 0.416 e. The molecule has 0 unspecified atom stereocenters. The third-order valence-electron chi connectivity index (χ3n) is 4.62. The predicted molar refractivity (Wildman–Crippen MR) is 111 cm³/mol. The van der Waals surface area contributed by atoms with Crippen molar-refractivity contribution in [2.24, 2.45) is 0 Å². The molecule has 0 saturated carbocycles. The molecule has 0 saturated heterocycles. The zero-order valence-electron chi connectivity index (χ0n) is 17.6. The Bertz CT molecular complexity index is 987. The van der Waals surface area contributed by atoms with Gasteiger partial charge < -0.3 is 9.08 Å². The minimum Gasteiger partial charge on any atom is -0.379 e. The first-order valence-electron chi connectivity index (χ1n) is 9.94. The Hall–Kier alpha value is -2.55. The van der Waals surface area contributed by atoms with Crippen molar-refractivity contribution in [2.45, 2.75) is 63.7 Å². The van der Waals surface area contributed by atoms with Gasteiger partial charge in [-0.1, -0.05) is 31.5 Å². The van der Waals surface area contributed by atoms with Gasteiger partial charge in [0.05, 0.1) is 5.56 Å². The van der Waals surface area contributed by atoms with E-state index in [0.29, 0.717) is 19.0 Å². The topological polar surface area (TPSA) is 63.7 Å². The van der Waals surface area contributed by atoms with Crippen LogP contribution in [-0.2, 0) is 27.6 Å². The molecule has 0 heterocycles. The van der Waals surface area contributed by atoms with Crippen LogP contribution < -0.4 is 4.18 Å². The smallest absolute Gasteiger partial charge is 0.379 e. The standard InChI is InChI=1S/C22H26F3NO4S/c1-4-5-9-21(27)26(16(2)3)15-17-10-12-19(13-11-17)30-31(28,29)20-8-6-7-18(14-20)22(23,24)25/h6-8,10-14,16H,4-5,9,15H2,1-3H3. The number of amides is 1. The van der Waals surface area contributed by atoms with Crippen LogP contribution in [0.5, 0.6) is 5.75 Å². The van der Waals surface area contributed by atoms with Crippen LogP contribution in [0.1, 0.15) is 51.2 Å². The molecule has 0 atom stereocenters. The maximum absolute atomic E-state index is 12.9. The number of nitrogens with zero attached hydrogens (tertiary/aromatic N) is 1. The summed E-state index contributed by atoms with van der Waals surface area (Å²) in [5, 5.41) is 0. The van der Waals surface area contributed by atoms with Gasteiger partial charge in [0.2, 0.25) is 5.91 Å². The van der Waals surface area contributed by atoms with Crippen LogP contribution in [0.4, 0.5) is 13.2 Å². The summed E-state index contributed by atoms with van der Waals surface area (Å²) >= 11 is 0. The van der Waals surface area contributed by atoms with Crippen molar-refractivity contribution >= 4 is 16.0 Å². The zero-order chi connectivity index (χ0) is 23.2. The van der Waals surface area contributed by atoms with Gasteiger partial charge in [-0.05, 0) is 56.2 Å². The van der Waals surface area contributed by atoms with Crippen LogP contribution in [-0.4, -0.2) is 25.3 Å². The maximum atomic E-state index is 12.9. The van der Waals surface area contributed by atoms with Crippen LogP contribution in [0.15, 0.2) is 53.4 Å². The monoisotopic (exact) mass is 457 g/mol. The molecule has 0 fully saturated rings. The van der Waals surface area contributed by atoms with E-state index in [-0.39, 0.29) is 17.7 Å². The summed E-state index contributed by atoms with van der Waals surface area (Å²) < 4.78 is 68.3. The van der Waals surface area contributed by atoms with Crippen LogP contribution in [0.3, 0.4) is 0 Å². The highest BCUT2D eigenvalue weighted by Crippen LogP contribution is 2.31. The Balaban J connectivity index is 2.13. The molecule has 1 amide bonds. The minimum atomic E-state index is -4.66. The van der Waals surface area contributed by atoms with E-state index in [9.17, 15) is 26.4 Å². The van der Waals surface area contributed by atoms with Crippen molar-refractivity contribution in [3.05, 3.63) is 59.7 Å². The number of unbranched alkanes of at least 4 members (excludes halogenated alkanes) is 1. The van der Waals surface area contributed by atoms with Gasteiger partial charge >= 0.3 is 16.3 Å². The van der Waals surface area contributed by atoms with E-state index in [0.717, 1.165) is 36.6 Å². The molecule has 0 bridgehead atoms. The second-order valence-corrected chi connectivity index (χ2v) is 8.97. The van der Waals surface area contributed by atoms with E-state index in [2.05, 4.69) is 0 Å². The second-order valence-electron chi connectivity index (χ2n) is 7.43. The van der Waals surface area contributed by atoms with Crippen LogP contribution in [0.2, 0.25) is 0 Å². The average molecular weight is 458 g/mol. The molecule has 0 aliphatic carbocycles. The molecule has 0 aliphatic heterocycles. The largest absolute Gasteiger partial charge is 0.416 e. The molecular weight excluding hydrogens is 431 g/mol. The third kappa shape index (κ3) is 6.99. The lowest BCUT2D eigenvalue weighted by molar-refractivity contribution is -0.137. The summed E-state index contributed by atoms with van der Waals surface area (Å²) in [6, 6.07) is 9.45. The number of hydrogen-bond acceptors (Lipinski definition) is 4. The van der Waals surface area contributed by atoms with E-state index < -0.39 is 26.8 Å². The lowest BCUT2D eigenvalue weighted by Crippen LogP contribution is -2.36. The van der Waals surface area contributed by atoms with E-state index >= 15 is 0 Å². The molecule has 170 valence electrons. The highest BCUT2D eigenvalue weighted by Gasteiger charge is 2.32. The van der Waals surface area contributed by atoms with E-state index in [1.54, 1.807) is 17.0 Å². The number of halogens is 3. The average Bonchev–Trinajstić information content (AvgIpc) is 2.70. The molecule has 9 heteroatoms. The SMILES string of the molecule is CCCCC(=O)N(Cc1ccc(OS(=O)(=O)c2cccc(C(F)(F)F)c2)cc1)C(C)C. The lowest BCUT2D eigenvalue weighted by atomic mass is 10.1. The molecule has 31 heavy (non-hydrogen) atoms. The minimum absolute atomic E-state index is 0.00145. The Kier molecular flexibility index (Phi) is 8.11. The quantitative estimate of drug-likeness (QED) is 0.473. The Morgan fingerprint density at radius 2 is 1.74 bits per heavy atom. The van der Waals surface area contributed by atoms with Gasteiger partial charge in [-0.25, -0.2) is 0 Å². The fourth-order valence-corrected chi connectivity index (χ4v) is 3.86. The number of benzene rings is 2. The van der Waals surface area contributed by atoms with Crippen LogP contribution in [0, 0.1) is 0 Å². The molecule has 2 aromatic rings. The highest BCUT2D eigenvalue weighted by molar-refractivity contribution is 7.87. The van der Waals surface area contributed by atoms with E-state index in [4.69, 9.17) is 4.18 Å². The Morgan fingerprint density at radius 1 is 1.10 bits per heavy atom. The molecule has 0 spiro atoms. The van der Waals surface area contributed by atoms with E-state index in [1.165, 1.54) is 12.1 Å². The van der Waals surface area contributed by atoms with Crippen molar-refractivity contribution in [1.29, 1.82) is 0 Å². The molecule has 0 aromatic heterocycles. The van der Waals surface area contributed by atoms with Gasteiger partial charge in [0.1, 0.15) is 10.6 Å². The summed E-state index contributed by atoms with van der Waals surface area (Å²) in [7, 11) is -4.43. The van der Waals surface area contributed by atoms with Gasteiger partial charge in [0, 0.05) is 19.0 Å². The Labute approximate surface area is 181 Å². The lowest BCUT2D eigenvalue weighted by Gasteiger charge is -2.27. The number of carbonyl (C=O) groups is 1. The Morgan fingerprint density at radius 3 is 2.29 bits per heavy atom. The van der Waals surface area contributed by atoms with Crippen LogP contribution >= 0.6 is 0 Å². The number of hydrogen-bond donors (Lipinski definition) is 0. The number of rotatable bonds is 9. The summed E-state index contributed by atoms with van der Waals surface area (Å²) in [6.45, 7) is 6.21. The molecular formula is C22H26F3NO4S. The summed E-state index contributed by atoms with van der Waals surface area (Å²) in [4.78, 5) is 13.6. The first-order chi connectivity index (χ1) is 14.4. The first-order valence-corrected chi connectivity index (χ1v) is 11.3. The van der Waals surface area contributed by atoms with Gasteiger partial charge in [-0.3, -0.25) is 4.79 Å². The van der Waals surface area contributed by atoms with Gasteiger partial charge in [-0.15, -0.1) is 0 Å². The summed E-state index contributed by atoms with van der Waals surface area (Å²) in [6.07, 6.45) is -2.47. The highest BCUT2D eigenvalue weighted by atomic mass is 32.2. The molecule has 2 rings (SSSR count). The van der Waals surface area contributed by atoms with Gasteiger partial charge in [0.25, 0.3) is 0 Å². The molecule has 0 radical (unpaired) electrons. The molecule has 0 aliphatic rings. The van der Waals surface area contributed by atoms with Crippen molar-refractivity contribution in [1.82, 2.24) is 4.90 Å². The summed E-state index contributed by atoms with van der Waals surface area (Å²) in [5.41, 5.74) is -0.295. The van der Waals surface area contributed by atoms with Crippen molar-refractivity contribution in [2.75, 3.05) is 0 Å². The number of alkyl halides is 3. The fourth-order valence-electron chi connectivity index (χ4n) is 2.88. The predicted octanol–water partition coefficient (Wildman–Crippen LogP) is 5.40. The fraction of sp³-hybridized carbons (Fsp3) is 0.409. The van der Waals surface area contributed by atoms with Crippen molar-refractivity contribution in [3.63, 3.8) is 0 Å². The second kappa shape index (κ2) is 10.2.